The number of rotatable bonds is 4. The van der Waals surface area contributed by atoms with E-state index in [0.29, 0.717) is 11.8 Å². The first-order chi connectivity index (χ1) is 30.5. The van der Waals surface area contributed by atoms with Crippen molar-refractivity contribution in [3.05, 3.63) is 210 Å². The largest absolute Gasteiger partial charge is 0.309 e. The molecule has 2 heterocycles. The Balaban J connectivity index is 1.03. The highest BCUT2D eigenvalue weighted by atomic mass is 32.1. The minimum absolute atomic E-state index is 0.0753. The molecule has 0 spiro atoms. The Hall–Kier alpha value is -6.74. The molecule has 1 nitrogen and oxygen atoms in total. The average molecular weight is 812 g/mol. The van der Waals surface area contributed by atoms with Crippen molar-refractivity contribution < 1.29 is 0 Å². The number of aryl methyl sites for hydroxylation is 1. The summed E-state index contributed by atoms with van der Waals surface area (Å²) < 4.78 is 5.19. The first-order valence-electron chi connectivity index (χ1n) is 22.3. The molecule has 13 rings (SSSR count). The van der Waals surface area contributed by atoms with Gasteiger partial charge in [-0.3, -0.25) is 0 Å². The predicted molar refractivity (Wildman–Crippen MR) is 265 cm³/mol. The molecule has 3 aliphatic carbocycles. The predicted octanol–water partition coefficient (Wildman–Crippen LogP) is 16.6. The van der Waals surface area contributed by atoms with E-state index in [4.69, 9.17) is 0 Å². The number of hydrogen-bond donors (Lipinski definition) is 0. The monoisotopic (exact) mass is 811 g/mol. The Bertz CT molecular complexity index is 3550. The summed E-state index contributed by atoms with van der Waals surface area (Å²) in [5.74, 6) is 0.903. The topological polar surface area (TPSA) is 4.93 Å². The molecule has 0 aliphatic heterocycles. The zero-order valence-electron chi connectivity index (χ0n) is 35.0. The highest BCUT2D eigenvalue weighted by molar-refractivity contribution is 7.26. The molecule has 0 saturated heterocycles. The van der Waals surface area contributed by atoms with Crippen LogP contribution in [0.1, 0.15) is 54.9 Å². The number of fused-ring (bicyclic) bond motifs is 12. The number of aromatic nitrogens is 1. The van der Waals surface area contributed by atoms with Crippen molar-refractivity contribution in [2.45, 2.75) is 44.4 Å². The number of allylic oxidation sites excluding steroid dienone is 4. The summed E-state index contributed by atoms with van der Waals surface area (Å²) in [5.41, 5.74) is 20.1. The molecule has 296 valence electrons. The van der Waals surface area contributed by atoms with Crippen LogP contribution in [0.25, 0.3) is 92.2 Å². The van der Waals surface area contributed by atoms with E-state index in [1.54, 1.807) is 0 Å². The molecule has 2 aromatic heterocycles. The molecular weight excluding hydrogens is 767 g/mol. The van der Waals surface area contributed by atoms with Crippen molar-refractivity contribution in [3.63, 3.8) is 0 Å². The van der Waals surface area contributed by atoms with E-state index in [1.165, 1.54) is 114 Å². The minimum Gasteiger partial charge on any atom is -0.309 e. The van der Waals surface area contributed by atoms with E-state index < -0.39 is 0 Å². The second kappa shape index (κ2) is 13.6. The SMILES string of the molecule is CC1(C)c2ccccc2-c2ccc(-c3cc(-n4c5ccccc5c5cc(-c6cccc7c6C(C6C=CC=CC6)CCc6ccccc6-7)ccc54)cc4c3sc3ccccc34)cc21. The normalized spacial score (nSPS) is 17.3. The maximum Gasteiger partial charge on any atom is 0.0541 e. The Morgan fingerprint density at radius 3 is 2.16 bits per heavy atom. The van der Waals surface area contributed by atoms with Gasteiger partial charge >= 0.3 is 0 Å². The molecule has 8 aromatic carbocycles. The number of thiophene rings is 1. The molecule has 0 radical (unpaired) electrons. The van der Waals surface area contributed by atoms with Crippen LogP contribution in [0, 0.1) is 5.92 Å². The summed E-state index contributed by atoms with van der Waals surface area (Å²) in [6.45, 7) is 4.77. The van der Waals surface area contributed by atoms with Crippen LogP contribution in [0.15, 0.2) is 188 Å². The Morgan fingerprint density at radius 2 is 1.26 bits per heavy atom. The average Bonchev–Trinajstić information content (AvgIpc) is 3.89. The third kappa shape index (κ3) is 5.26. The summed E-state index contributed by atoms with van der Waals surface area (Å²) in [4.78, 5) is 0. The van der Waals surface area contributed by atoms with Crippen LogP contribution in [0.5, 0.6) is 0 Å². The van der Waals surface area contributed by atoms with Crippen molar-refractivity contribution in [3.8, 4) is 50.2 Å². The van der Waals surface area contributed by atoms with Gasteiger partial charge in [0.15, 0.2) is 0 Å². The molecule has 2 unspecified atom stereocenters. The van der Waals surface area contributed by atoms with Gasteiger partial charge in [0.05, 0.1) is 11.0 Å². The third-order valence-electron chi connectivity index (χ3n) is 14.6. The summed E-state index contributed by atoms with van der Waals surface area (Å²) in [5, 5.41) is 5.20. The lowest BCUT2D eigenvalue weighted by Crippen LogP contribution is -2.14. The van der Waals surface area contributed by atoms with Gasteiger partial charge in [-0.2, -0.15) is 0 Å². The van der Waals surface area contributed by atoms with Crippen LogP contribution in [0.4, 0.5) is 0 Å². The summed E-state index contributed by atoms with van der Waals surface area (Å²) in [6.07, 6.45) is 12.6. The van der Waals surface area contributed by atoms with Crippen molar-refractivity contribution >= 4 is 53.3 Å². The highest BCUT2D eigenvalue weighted by Crippen LogP contribution is 2.52. The maximum absolute atomic E-state index is 2.53. The highest BCUT2D eigenvalue weighted by Gasteiger charge is 2.36. The molecule has 62 heavy (non-hydrogen) atoms. The first-order valence-corrected chi connectivity index (χ1v) is 23.1. The van der Waals surface area contributed by atoms with E-state index in [1.807, 2.05) is 11.3 Å². The van der Waals surface area contributed by atoms with Gasteiger partial charge < -0.3 is 4.57 Å². The van der Waals surface area contributed by atoms with Gasteiger partial charge in [-0.25, -0.2) is 0 Å². The zero-order valence-corrected chi connectivity index (χ0v) is 35.8. The minimum atomic E-state index is -0.0753. The van der Waals surface area contributed by atoms with Gasteiger partial charge in [0, 0.05) is 47.6 Å². The van der Waals surface area contributed by atoms with Gasteiger partial charge in [-0.1, -0.05) is 159 Å². The molecule has 2 atom stereocenters. The van der Waals surface area contributed by atoms with E-state index in [2.05, 4.69) is 207 Å². The lowest BCUT2D eigenvalue weighted by atomic mass is 9.75. The fraction of sp³-hybridized carbons (Fsp3) is 0.133. The van der Waals surface area contributed by atoms with Crippen LogP contribution in [0.2, 0.25) is 0 Å². The number of hydrogen-bond acceptors (Lipinski definition) is 1. The summed E-state index contributed by atoms with van der Waals surface area (Å²) >= 11 is 1.92. The second-order valence-electron chi connectivity index (χ2n) is 18.3. The van der Waals surface area contributed by atoms with Crippen LogP contribution in [-0.4, -0.2) is 4.57 Å². The third-order valence-corrected chi connectivity index (χ3v) is 15.9. The van der Waals surface area contributed by atoms with Gasteiger partial charge in [-0.15, -0.1) is 11.3 Å². The number of para-hydroxylation sites is 1. The van der Waals surface area contributed by atoms with Crippen molar-refractivity contribution in [2.75, 3.05) is 0 Å². The fourth-order valence-corrected chi connectivity index (χ4v) is 12.9. The molecule has 10 aromatic rings. The van der Waals surface area contributed by atoms with E-state index in [9.17, 15) is 0 Å². The van der Waals surface area contributed by atoms with Gasteiger partial charge in [0.25, 0.3) is 0 Å². The second-order valence-corrected chi connectivity index (χ2v) is 19.3. The quantitative estimate of drug-likeness (QED) is 0.167. The molecule has 0 fully saturated rings. The Morgan fingerprint density at radius 1 is 0.532 bits per heavy atom. The van der Waals surface area contributed by atoms with E-state index >= 15 is 0 Å². The number of benzene rings is 8. The van der Waals surface area contributed by atoms with Crippen molar-refractivity contribution in [1.82, 2.24) is 4.57 Å². The molecule has 0 saturated carbocycles. The Kier molecular flexibility index (Phi) is 7.91. The van der Waals surface area contributed by atoms with E-state index in [0.717, 1.165) is 19.3 Å². The van der Waals surface area contributed by atoms with Crippen LogP contribution < -0.4 is 0 Å². The Labute approximate surface area is 366 Å². The molecule has 3 aliphatic rings. The first kappa shape index (κ1) is 36.0. The molecule has 0 amide bonds. The van der Waals surface area contributed by atoms with Crippen LogP contribution >= 0.6 is 11.3 Å². The standard InChI is InChI=1S/C60H45NS/c1-60(2)53-24-11-8-19-45(53)46-31-28-40(34-54(46)60)50-35-41(36-52-48-21-10-13-26-57(48)62-59(50)52)61-55-25-12-9-20-47(55)51-33-39(29-32-56(51)61)43-22-14-23-49-42-18-7-6-17-38(42)27-30-44(58(43)49)37-15-4-3-5-16-37/h3-15,17-26,28-29,31-37,44H,16,27,30H2,1-2H3. The molecule has 0 bridgehead atoms. The number of nitrogens with zero attached hydrogens (tertiary/aromatic N) is 1. The van der Waals surface area contributed by atoms with Crippen molar-refractivity contribution in [1.29, 1.82) is 0 Å². The molecule has 2 heteroatoms. The summed E-state index contributed by atoms with van der Waals surface area (Å²) in [7, 11) is 0. The molecular formula is C60H45NS. The fourth-order valence-electron chi connectivity index (χ4n) is 11.7. The van der Waals surface area contributed by atoms with Gasteiger partial charge in [0.1, 0.15) is 0 Å². The van der Waals surface area contributed by atoms with E-state index in [-0.39, 0.29) is 5.41 Å². The smallest absolute Gasteiger partial charge is 0.0541 e. The van der Waals surface area contributed by atoms with Crippen LogP contribution in [-0.2, 0) is 11.8 Å². The lowest BCUT2D eigenvalue weighted by Gasteiger charge is -2.28. The van der Waals surface area contributed by atoms with Crippen molar-refractivity contribution in [2.24, 2.45) is 5.92 Å². The maximum atomic E-state index is 2.53. The zero-order chi connectivity index (χ0) is 41.1. The molecule has 0 N–H and O–H groups in total. The summed E-state index contributed by atoms with van der Waals surface area (Å²) in [6, 6.07) is 62.6. The van der Waals surface area contributed by atoms with Crippen LogP contribution in [0.3, 0.4) is 0 Å². The van der Waals surface area contributed by atoms with Gasteiger partial charge in [-0.05, 0) is 135 Å². The van der Waals surface area contributed by atoms with Gasteiger partial charge in [0.2, 0.25) is 0 Å². The lowest BCUT2D eigenvalue weighted by molar-refractivity contribution is 0.482.